The molecule has 5 heteroatoms. The number of hydrogen-bond acceptors (Lipinski definition) is 4. The minimum Gasteiger partial charge on any atom is -0.267 e. The molecular formula is C19H15N3OS. The largest absolute Gasteiger partial charge is 0.276 e. The number of aryl methyl sites for hydroxylation is 2. The van der Waals surface area contributed by atoms with Gasteiger partial charge < -0.3 is 0 Å². The second kappa shape index (κ2) is 5.69. The van der Waals surface area contributed by atoms with Crippen molar-refractivity contribution < 1.29 is 0 Å². The van der Waals surface area contributed by atoms with Crippen LogP contribution in [0.15, 0.2) is 59.0 Å². The molecule has 0 atom stereocenters. The molecule has 0 N–H and O–H groups in total. The molecule has 24 heavy (non-hydrogen) atoms. The maximum Gasteiger partial charge on any atom is 0.276 e. The summed E-state index contributed by atoms with van der Waals surface area (Å²) in [6.45, 7) is 4.11. The fraction of sp³-hybridized carbons (Fsp3) is 0.105. The number of aromatic nitrogens is 3. The van der Waals surface area contributed by atoms with Gasteiger partial charge >= 0.3 is 0 Å². The summed E-state index contributed by atoms with van der Waals surface area (Å²) in [6, 6.07) is 11.7. The van der Waals surface area contributed by atoms with Gasteiger partial charge in [0, 0.05) is 18.0 Å². The van der Waals surface area contributed by atoms with Crippen LogP contribution < -0.4 is 5.56 Å². The predicted octanol–water partition coefficient (Wildman–Crippen LogP) is 4.13. The quantitative estimate of drug-likeness (QED) is 0.554. The Morgan fingerprint density at radius 3 is 2.71 bits per heavy atom. The second-order valence-electron chi connectivity index (χ2n) is 5.72. The first-order chi connectivity index (χ1) is 11.6. The molecule has 4 rings (SSSR count). The van der Waals surface area contributed by atoms with Crippen LogP contribution in [-0.4, -0.2) is 14.5 Å². The number of pyridine rings is 1. The lowest BCUT2D eigenvalue weighted by Crippen LogP contribution is -2.21. The summed E-state index contributed by atoms with van der Waals surface area (Å²) < 4.78 is 2.35. The normalized spacial score (nSPS) is 11.1. The molecule has 0 saturated carbocycles. The SMILES string of the molecule is Cc1ccc(-n2c(-c3cccnc3)nc3ccsc3c2=O)cc1C. The van der Waals surface area contributed by atoms with Crippen LogP contribution in [0, 0.1) is 13.8 Å². The molecule has 0 unspecified atom stereocenters. The summed E-state index contributed by atoms with van der Waals surface area (Å²) in [6.07, 6.45) is 3.45. The maximum absolute atomic E-state index is 13.1. The molecule has 0 aliphatic carbocycles. The van der Waals surface area contributed by atoms with Crippen LogP contribution in [-0.2, 0) is 0 Å². The van der Waals surface area contributed by atoms with Crippen molar-refractivity contribution in [1.29, 1.82) is 0 Å². The number of nitrogens with zero attached hydrogens (tertiary/aromatic N) is 3. The summed E-state index contributed by atoms with van der Waals surface area (Å²) in [4.78, 5) is 22.0. The average Bonchev–Trinajstić information content (AvgIpc) is 3.07. The minimum atomic E-state index is -0.0443. The van der Waals surface area contributed by atoms with E-state index in [-0.39, 0.29) is 5.56 Å². The second-order valence-corrected chi connectivity index (χ2v) is 6.64. The third kappa shape index (κ3) is 2.34. The minimum absolute atomic E-state index is 0.0443. The summed E-state index contributed by atoms with van der Waals surface area (Å²) >= 11 is 1.42. The van der Waals surface area contributed by atoms with Crippen LogP contribution in [0.25, 0.3) is 27.3 Å². The van der Waals surface area contributed by atoms with Gasteiger partial charge in [0.25, 0.3) is 5.56 Å². The van der Waals surface area contributed by atoms with Crippen molar-refractivity contribution in [3.05, 3.63) is 75.7 Å². The lowest BCUT2D eigenvalue weighted by atomic mass is 10.1. The Morgan fingerprint density at radius 1 is 1.08 bits per heavy atom. The highest BCUT2D eigenvalue weighted by molar-refractivity contribution is 7.17. The van der Waals surface area contributed by atoms with Crippen LogP contribution in [0.4, 0.5) is 0 Å². The van der Waals surface area contributed by atoms with E-state index in [1.54, 1.807) is 17.0 Å². The molecule has 0 fully saturated rings. The van der Waals surface area contributed by atoms with Crippen LogP contribution >= 0.6 is 11.3 Å². The van der Waals surface area contributed by atoms with E-state index < -0.39 is 0 Å². The Labute approximate surface area is 143 Å². The molecule has 4 aromatic rings. The van der Waals surface area contributed by atoms with Gasteiger partial charge in [-0.2, -0.15) is 0 Å². The van der Waals surface area contributed by atoms with Gasteiger partial charge in [0.05, 0.1) is 11.2 Å². The molecule has 4 nitrogen and oxygen atoms in total. The van der Waals surface area contributed by atoms with Crippen LogP contribution in [0.1, 0.15) is 11.1 Å². The molecular weight excluding hydrogens is 318 g/mol. The zero-order chi connectivity index (χ0) is 16.7. The topological polar surface area (TPSA) is 47.8 Å². The number of fused-ring (bicyclic) bond motifs is 1. The van der Waals surface area contributed by atoms with Gasteiger partial charge in [-0.3, -0.25) is 14.3 Å². The number of thiophene rings is 1. The van der Waals surface area contributed by atoms with Crippen LogP contribution in [0.5, 0.6) is 0 Å². The van der Waals surface area contributed by atoms with Gasteiger partial charge in [0.2, 0.25) is 0 Å². The Bertz CT molecular complexity index is 1100. The summed E-state index contributed by atoms with van der Waals surface area (Å²) in [5.74, 6) is 0.613. The Hall–Kier alpha value is -2.79. The van der Waals surface area contributed by atoms with Crippen molar-refractivity contribution in [3.8, 4) is 17.1 Å². The zero-order valence-corrected chi connectivity index (χ0v) is 14.2. The fourth-order valence-corrected chi connectivity index (χ4v) is 3.46. The molecule has 0 radical (unpaired) electrons. The van der Waals surface area contributed by atoms with Gasteiger partial charge in [-0.15, -0.1) is 11.3 Å². The third-order valence-corrected chi connectivity index (χ3v) is 5.04. The molecule has 0 aliphatic rings. The predicted molar refractivity (Wildman–Crippen MR) is 97.9 cm³/mol. The molecule has 3 aromatic heterocycles. The van der Waals surface area contributed by atoms with E-state index in [0.29, 0.717) is 10.5 Å². The number of benzene rings is 1. The van der Waals surface area contributed by atoms with Crippen molar-refractivity contribution in [3.63, 3.8) is 0 Å². The van der Waals surface area contributed by atoms with Gasteiger partial charge in [-0.1, -0.05) is 6.07 Å². The van der Waals surface area contributed by atoms with Gasteiger partial charge in [-0.25, -0.2) is 4.98 Å². The van der Waals surface area contributed by atoms with E-state index in [0.717, 1.165) is 22.3 Å². The average molecular weight is 333 g/mol. The van der Waals surface area contributed by atoms with E-state index in [9.17, 15) is 4.79 Å². The van der Waals surface area contributed by atoms with E-state index in [1.165, 1.54) is 16.9 Å². The highest BCUT2D eigenvalue weighted by Gasteiger charge is 2.15. The van der Waals surface area contributed by atoms with E-state index >= 15 is 0 Å². The van der Waals surface area contributed by atoms with Crippen molar-refractivity contribution in [2.24, 2.45) is 0 Å². The molecule has 0 saturated heterocycles. The lowest BCUT2D eigenvalue weighted by Gasteiger charge is -2.13. The first-order valence-electron chi connectivity index (χ1n) is 7.63. The van der Waals surface area contributed by atoms with Gasteiger partial charge in [-0.05, 0) is 60.7 Å². The summed E-state index contributed by atoms with van der Waals surface area (Å²) in [7, 11) is 0. The van der Waals surface area contributed by atoms with E-state index in [2.05, 4.69) is 11.9 Å². The van der Waals surface area contributed by atoms with Crippen molar-refractivity contribution >= 4 is 21.6 Å². The Balaban J connectivity index is 2.10. The fourth-order valence-electron chi connectivity index (χ4n) is 2.71. The number of hydrogen-bond donors (Lipinski definition) is 0. The van der Waals surface area contributed by atoms with Crippen molar-refractivity contribution in [1.82, 2.24) is 14.5 Å². The molecule has 0 aliphatic heterocycles. The highest BCUT2D eigenvalue weighted by atomic mass is 32.1. The Kier molecular flexibility index (Phi) is 3.50. The highest BCUT2D eigenvalue weighted by Crippen LogP contribution is 2.24. The first-order valence-corrected chi connectivity index (χ1v) is 8.51. The maximum atomic E-state index is 13.1. The molecule has 3 heterocycles. The lowest BCUT2D eigenvalue weighted by molar-refractivity contribution is 0.973. The molecule has 0 bridgehead atoms. The van der Waals surface area contributed by atoms with Crippen molar-refractivity contribution in [2.45, 2.75) is 13.8 Å². The summed E-state index contributed by atoms with van der Waals surface area (Å²) in [5.41, 5.74) is 4.66. The van der Waals surface area contributed by atoms with Crippen LogP contribution in [0.2, 0.25) is 0 Å². The molecule has 1 aromatic carbocycles. The monoisotopic (exact) mass is 333 g/mol. The molecule has 118 valence electrons. The standard InChI is InChI=1S/C19H15N3OS/c1-12-5-6-15(10-13(12)2)22-18(14-4-3-8-20-11-14)21-16-7-9-24-17(16)19(22)23/h3-11H,1-2H3. The van der Waals surface area contributed by atoms with Crippen molar-refractivity contribution in [2.75, 3.05) is 0 Å². The number of rotatable bonds is 2. The van der Waals surface area contributed by atoms with Crippen LogP contribution in [0.3, 0.4) is 0 Å². The van der Waals surface area contributed by atoms with E-state index in [1.807, 2.05) is 48.7 Å². The third-order valence-electron chi connectivity index (χ3n) is 4.15. The first kappa shape index (κ1) is 14.8. The van der Waals surface area contributed by atoms with Gasteiger partial charge in [0.1, 0.15) is 10.5 Å². The van der Waals surface area contributed by atoms with Gasteiger partial charge in [0.15, 0.2) is 0 Å². The molecule has 0 spiro atoms. The Morgan fingerprint density at radius 2 is 1.96 bits per heavy atom. The van der Waals surface area contributed by atoms with E-state index in [4.69, 9.17) is 4.98 Å². The smallest absolute Gasteiger partial charge is 0.267 e. The summed E-state index contributed by atoms with van der Waals surface area (Å²) in [5, 5.41) is 1.90. The zero-order valence-electron chi connectivity index (χ0n) is 13.4. The molecule has 0 amide bonds.